The van der Waals surface area contributed by atoms with Crippen LogP contribution in [0, 0.1) is 5.82 Å². The van der Waals surface area contributed by atoms with Crippen molar-refractivity contribution in [3.8, 4) is 5.75 Å². The van der Waals surface area contributed by atoms with Crippen molar-refractivity contribution in [2.45, 2.75) is 44.5 Å². The Kier molecular flexibility index (Phi) is 7.28. The predicted molar refractivity (Wildman–Crippen MR) is 133 cm³/mol. The van der Waals surface area contributed by atoms with E-state index in [4.69, 9.17) is 0 Å². The third-order valence-electron chi connectivity index (χ3n) is 7.15. The molecule has 0 saturated carbocycles. The number of para-hydroxylation sites is 2. The van der Waals surface area contributed by atoms with Gasteiger partial charge < -0.3 is 14.5 Å². The van der Waals surface area contributed by atoms with Gasteiger partial charge in [0.2, 0.25) is 0 Å². The summed E-state index contributed by atoms with van der Waals surface area (Å²) in [7, 11) is 0. The van der Waals surface area contributed by atoms with Gasteiger partial charge in [0.15, 0.2) is 5.75 Å². The summed E-state index contributed by atoms with van der Waals surface area (Å²) >= 11 is 0. The number of piperidine rings is 1. The Hall–Kier alpha value is -3.96. The monoisotopic (exact) mass is 567 g/mol. The number of alkyl halides is 6. The molecular formula is C28H24F7N3O2. The second-order valence-electron chi connectivity index (χ2n) is 9.63. The number of ether oxygens (including phenoxy) is 1. The first-order chi connectivity index (χ1) is 18.9. The van der Waals surface area contributed by atoms with Gasteiger partial charge >= 0.3 is 18.6 Å². The van der Waals surface area contributed by atoms with Crippen LogP contribution in [0.2, 0.25) is 0 Å². The second-order valence-corrected chi connectivity index (χ2v) is 9.63. The number of carbonyl (C=O) groups excluding carboxylic acids is 1. The van der Waals surface area contributed by atoms with E-state index >= 15 is 0 Å². The van der Waals surface area contributed by atoms with Crippen molar-refractivity contribution in [3.63, 3.8) is 0 Å². The van der Waals surface area contributed by atoms with Crippen LogP contribution in [0.15, 0.2) is 66.7 Å². The molecule has 2 aliphatic rings. The maximum absolute atomic E-state index is 14.6. The Bertz CT molecular complexity index is 1380. The average Bonchev–Trinajstić information content (AvgIpc) is 2.89. The maximum Gasteiger partial charge on any atom is 0.573 e. The maximum atomic E-state index is 14.6. The minimum atomic E-state index is -5.00. The van der Waals surface area contributed by atoms with Crippen LogP contribution < -0.4 is 14.5 Å². The van der Waals surface area contributed by atoms with Crippen LogP contribution in [-0.4, -0.2) is 36.4 Å². The standard InChI is InChI=1S/C28H24F7N3O2/c29-22-9-5-11-24(40-28(33,34)35)25(22)36-14-12-20(13-15-36)37-17-19-7-2-4-10-23(19)38(26(37)39)16-18-6-1-3-8-21(18)27(30,31)32/h1-11,20H,12-17H2. The number of hydrogen-bond donors (Lipinski definition) is 0. The average molecular weight is 568 g/mol. The van der Waals surface area contributed by atoms with Gasteiger partial charge in [-0.15, -0.1) is 13.2 Å². The van der Waals surface area contributed by atoms with E-state index in [2.05, 4.69) is 4.74 Å². The summed E-state index contributed by atoms with van der Waals surface area (Å²) in [5.74, 6) is -1.51. The Morgan fingerprint density at radius 3 is 2.23 bits per heavy atom. The Morgan fingerprint density at radius 2 is 1.52 bits per heavy atom. The highest BCUT2D eigenvalue weighted by Crippen LogP contribution is 2.39. The first-order valence-electron chi connectivity index (χ1n) is 12.5. The van der Waals surface area contributed by atoms with Gasteiger partial charge in [-0.05, 0) is 48.2 Å². The van der Waals surface area contributed by atoms with Gasteiger partial charge in [0.05, 0.1) is 17.8 Å². The van der Waals surface area contributed by atoms with Gasteiger partial charge in [-0.3, -0.25) is 4.90 Å². The molecule has 1 fully saturated rings. The van der Waals surface area contributed by atoms with E-state index in [0.717, 1.165) is 29.8 Å². The quantitative estimate of drug-likeness (QED) is 0.303. The number of urea groups is 1. The van der Waals surface area contributed by atoms with Crippen molar-refractivity contribution in [3.05, 3.63) is 89.2 Å². The molecule has 0 aromatic heterocycles. The number of benzene rings is 3. The largest absolute Gasteiger partial charge is 0.573 e. The molecule has 5 nitrogen and oxygen atoms in total. The molecule has 212 valence electrons. The van der Waals surface area contributed by atoms with E-state index < -0.39 is 35.7 Å². The number of anilines is 2. The molecular weight excluding hydrogens is 543 g/mol. The number of amides is 2. The highest BCUT2D eigenvalue weighted by Gasteiger charge is 2.39. The molecule has 0 aliphatic carbocycles. The molecule has 2 aliphatic heterocycles. The molecule has 2 amide bonds. The second kappa shape index (κ2) is 10.5. The molecule has 40 heavy (non-hydrogen) atoms. The van der Waals surface area contributed by atoms with Crippen molar-refractivity contribution in [2.75, 3.05) is 22.9 Å². The molecule has 2 heterocycles. The van der Waals surface area contributed by atoms with Crippen molar-refractivity contribution in [2.24, 2.45) is 0 Å². The van der Waals surface area contributed by atoms with Gasteiger partial charge in [0.1, 0.15) is 11.5 Å². The molecule has 12 heteroatoms. The molecule has 3 aromatic rings. The summed E-state index contributed by atoms with van der Waals surface area (Å²) in [4.78, 5) is 18.1. The fraction of sp³-hybridized carbons (Fsp3) is 0.321. The zero-order chi connectivity index (χ0) is 28.7. The number of nitrogens with zero attached hydrogens (tertiary/aromatic N) is 3. The highest BCUT2D eigenvalue weighted by molar-refractivity contribution is 5.95. The minimum absolute atomic E-state index is 0.0495. The van der Waals surface area contributed by atoms with Crippen LogP contribution in [0.25, 0.3) is 0 Å². The van der Waals surface area contributed by atoms with Crippen LogP contribution in [0.5, 0.6) is 5.75 Å². The summed E-state index contributed by atoms with van der Waals surface area (Å²) in [5.41, 5.74) is 0.0838. The van der Waals surface area contributed by atoms with Crippen molar-refractivity contribution < 1.29 is 40.3 Å². The lowest BCUT2D eigenvalue weighted by Crippen LogP contribution is -2.54. The number of halogens is 7. The molecule has 3 aromatic carbocycles. The lowest BCUT2D eigenvalue weighted by Gasteiger charge is -2.44. The zero-order valence-corrected chi connectivity index (χ0v) is 21.0. The minimum Gasteiger partial charge on any atom is -0.403 e. The lowest BCUT2D eigenvalue weighted by molar-refractivity contribution is -0.274. The van der Waals surface area contributed by atoms with E-state index in [0.29, 0.717) is 18.5 Å². The van der Waals surface area contributed by atoms with Crippen LogP contribution in [0.4, 0.5) is 46.9 Å². The number of fused-ring (bicyclic) bond motifs is 1. The third kappa shape index (κ3) is 5.66. The van der Waals surface area contributed by atoms with Crippen molar-refractivity contribution >= 4 is 17.4 Å². The van der Waals surface area contributed by atoms with Gasteiger partial charge in [-0.1, -0.05) is 42.5 Å². The smallest absolute Gasteiger partial charge is 0.403 e. The third-order valence-corrected chi connectivity index (χ3v) is 7.15. The van der Waals surface area contributed by atoms with Crippen LogP contribution in [0.3, 0.4) is 0 Å². The van der Waals surface area contributed by atoms with Gasteiger partial charge in [0, 0.05) is 25.7 Å². The van der Waals surface area contributed by atoms with Crippen LogP contribution in [-0.2, 0) is 19.3 Å². The summed E-state index contributed by atoms with van der Waals surface area (Å²) < 4.78 is 98.4. The van der Waals surface area contributed by atoms with Crippen LogP contribution in [0.1, 0.15) is 29.5 Å². The van der Waals surface area contributed by atoms with Crippen molar-refractivity contribution in [1.29, 1.82) is 0 Å². The fourth-order valence-electron chi connectivity index (χ4n) is 5.37. The summed E-state index contributed by atoms with van der Waals surface area (Å²) in [6.07, 6.45) is -8.98. The summed E-state index contributed by atoms with van der Waals surface area (Å²) in [6.45, 7) is 0.206. The Morgan fingerprint density at radius 1 is 0.850 bits per heavy atom. The van der Waals surface area contributed by atoms with E-state index in [-0.39, 0.29) is 43.5 Å². The number of carbonyl (C=O) groups is 1. The van der Waals surface area contributed by atoms with E-state index in [1.807, 2.05) is 0 Å². The molecule has 0 unspecified atom stereocenters. The Balaban J connectivity index is 1.38. The van der Waals surface area contributed by atoms with E-state index in [9.17, 15) is 35.5 Å². The molecule has 0 N–H and O–H groups in total. The highest BCUT2D eigenvalue weighted by atomic mass is 19.4. The van der Waals surface area contributed by atoms with Crippen LogP contribution >= 0.6 is 0 Å². The van der Waals surface area contributed by atoms with Gasteiger partial charge in [0.25, 0.3) is 0 Å². The van der Waals surface area contributed by atoms with Crippen molar-refractivity contribution in [1.82, 2.24) is 4.90 Å². The fourth-order valence-corrected chi connectivity index (χ4v) is 5.37. The summed E-state index contributed by atoms with van der Waals surface area (Å²) in [6, 6.07) is 14.4. The molecule has 0 bridgehead atoms. The first-order valence-corrected chi connectivity index (χ1v) is 12.5. The number of rotatable bonds is 5. The molecule has 1 saturated heterocycles. The SMILES string of the molecule is O=C1N(Cc2ccccc2C(F)(F)F)c2ccccc2CN1C1CCN(c2c(F)cccc2OC(F)(F)F)CC1. The van der Waals surface area contributed by atoms with Gasteiger partial charge in [-0.2, -0.15) is 13.2 Å². The predicted octanol–water partition coefficient (Wildman–Crippen LogP) is 7.35. The zero-order valence-electron chi connectivity index (χ0n) is 21.0. The normalized spacial score (nSPS) is 16.8. The van der Waals surface area contributed by atoms with Gasteiger partial charge in [-0.25, -0.2) is 9.18 Å². The van der Waals surface area contributed by atoms with E-state index in [1.165, 1.54) is 28.0 Å². The molecule has 5 rings (SSSR count). The molecule has 0 spiro atoms. The number of hydrogen-bond acceptors (Lipinski definition) is 3. The first kappa shape index (κ1) is 27.6. The lowest BCUT2D eigenvalue weighted by atomic mass is 9.99. The molecule has 0 atom stereocenters. The summed E-state index contributed by atoms with van der Waals surface area (Å²) in [5, 5.41) is 0. The molecule has 0 radical (unpaired) electrons. The topological polar surface area (TPSA) is 36.0 Å². The van der Waals surface area contributed by atoms with E-state index in [1.54, 1.807) is 29.2 Å². The Labute approximate surface area is 225 Å².